The van der Waals surface area contributed by atoms with Gasteiger partial charge in [0.1, 0.15) is 0 Å². The number of amides is 1. The molecule has 8 heteroatoms. The fourth-order valence-electron chi connectivity index (χ4n) is 3.69. The zero-order valence-electron chi connectivity index (χ0n) is 15.5. The summed E-state index contributed by atoms with van der Waals surface area (Å²) in [7, 11) is 3.03. The Hall–Kier alpha value is -2.38. The largest absolute Gasteiger partial charge is 0.353 e. The predicted octanol–water partition coefficient (Wildman–Crippen LogP) is 1.05. The van der Waals surface area contributed by atoms with Crippen LogP contribution in [0.2, 0.25) is 0 Å². The molecule has 0 aromatic carbocycles. The highest BCUT2D eigenvalue weighted by Gasteiger charge is 2.17. The van der Waals surface area contributed by atoms with Gasteiger partial charge in [-0.2, -0.15) is 0 Å². The van der Waals surface area contributed by atoms with Crippen LogP contribution >= 0.6 is 0 Å². The van der Waals surface area contributed by atoms with Crippen molar-refractivity contribution in [2.24, 2.45) is 14.1 Å². The number of hydrogen-bond donors (Lipinski definition) is 1. The summed E-state index contributed by atoms with van der Waals surface area (Å²) in [5.74, 6) is -0.000863. The van der Waals surface area contributed by atoms with E-state index in [2.05, 4.69) is 10.3 Å². The van der Waals surface area contributed by atoms with E-state index in [9.17, 15) is 14.4 Å². The van der Waals surface area contributed by atoms with Gasteiger partial charge in [-0.25, -0.2) is 9.78 Å². The summed E-state index contributed by atoms with van der Waals surface area (Å²) in [5, 5.41) is 3.13. The van der Waals surface area contributed by atoms with Crippen molar-refractivity contribution < 1.29 is 4.79 Å². The maximum absolute atomic E-state index is 12.4. The second kappa shape index (κ2) is 7.88. The summed E-state index contributed by atoms with van der Waals surface area (Å²) in [6.07, 6.45) is 10.0. The Morgan fingerprint density at radius 3 is 2.46 bits per heavy atom. The summed E-state index contributed by atoms with van der Waals surface area (Å²) >= 11 is 0. The Bertz CT molecular complexity index is 900. The van der Waals surface area contributed by atoms with Crippen molar-refractivity contribution >= 4 is 17.1 Å². The molecule has 1 aliphatic carbocycles. The van der Waals surface area contributed by atoms with Gasteiger partial charge in [-0.15, -0.1) is 0 Å². The van der Waals surface area contributed by atoms with Crippen LogP contribution in [-0.4, -0.2) is 30.6 Å². The molecular weight excluding hydrogens is 334 g/mol. The van der Waals surface area contributed by atoms with Crippen molar-refractivity contribution in [2.45, 2.75) is 64.0 Å². The lowest BCUT2D eigenvalue weighted by molar-refractivity contribution is -0.122. The second-order valence-corrected chi connectivity index (χ2v) is 7.18. The first-order chi connectivity index (χ1) is 12.5. The van der Waals surface area contributed by atoms with Crippen LogP contribution in [0.4, 0.5) is 0 Å². The molecule has 0 aliphatic heterocycles. The molecule has 1 saturated carbocycles. The fourth-order valence-corrected chi connectivity index (χ4v) is 3.69. The average molecular weight is 361 g/mol. The van der Waals surface area contributed by atoms with Crippen LogP contribution in [0.15, 0.2) is 15.9 Å². The van der Waals surface area contributed by atoms with E-state index in [0.717, 1.165) is 17.4 Å². The number of carbonyl (C=O) groups excluding carboxylic acids is 1. The number of imidazole rings is 1. The van der Waals surface area contributed by atoms with Crippen LogP contribution in [0, 0.1) is 0 Å². The lowest BCUT2D eigenvalue weighted by Crippen LogP contribution is -2.38. The maximum atomic E-state index is 12.4. The summed E-state index contributed by atoms with van der Waals surface area (Å²) in [4.78, 5) is 40.9. The van der Waals surface area contributed by atoms with Crippen LogP contribution in [0.5, 0.6) is 0 Å². The fraction of sp³-hybridized carbons (Fsp3) is 0.667. The van der Waals surface area contributed by atoms with Gasteiger partial charge in [-0.1, -0.05) is 32.1 Å². The van der Waals surface area contributed by atoms with E-state index in [1.807, 2.05) is 0 Å². The molecule has 8 nitrogen and oxygen atoms in total. The molecule has 3 rings (SSSR count). The number of rotatable bonds is 4. The van der Waals surface area contributed by atoms with Crippen molar-refractivity contribution in [1.29, 1.82) is 0 Å². The van der Waals surface area contributed by atoms with Crippen molar-refractivity contribution in [3.05, 3.63) is 27.2 Å². The number of nitrogens with one attached hydrogen (secondary N) is 1. The van der Waals surface area contributed by atoms with Crippen molar-refractivity contribution in [2.75, 3.05) is 0 Å². The highest BCUT2D eigenvalue weighted by molar-refractivity contribution is 5.76. The Labute approximate surface area is 151 Å². The molecular formula is C18H27N5O3. The Balaban J connectivity index is 1.69. The third-order valence-corrected chi connectivity index (χ3v) is 5.27. The van der Waals surface area contributed by atoms with E-state index >= 15 is 0 Å². The van der Waals surface area contributed by atoms with E-state index in [-0.39, 0.29) is 23.9 Å². The summed E-state index contributed by atoms with van der Waals surface area (Å²) in [6.45, 7) is 0.364. The van der Waals surface area contributed by atoms with E-state index < -0.39 is 5.69 Å². The first-order valence-electron chi connectivity index (χ1n) is 9.39. The number of fused-ring (bicyclic) bond motifs is 1. The van der Waals surface area contributed by atoms with Crippen LogP contribution in [0.25, 0.3) is 11.2 Å². The number of aryl methyl sites for hydroxylation is 2. The second-order valence-electron chi connectivity index (χ2n) is 7.18. The normalized spacial score (nSPS) is 16.4. The Morgan fingerprint density at radius 1 is 1.12 bits per heavy atom. The molecule has 0 bridgehead atoms. The van der Waals surface area contributed by atoms with E-state index in [1.54, 1.807) is 11.6 Å². The minimum absolute atomic E-state index is 0.000863. The lowest BCUT2D eigenvalue weighted by atomic mass is 9.96. The number of nitrogens with zero attached hydrogens (tertiary/aromatic N) is 4. The minimum Gasteiger partial charge on any atom is -0.353 e. The minimum atomic E-state index is -0.408. The SMILES string of the molecule is Cn1c(=O)c2c(ncn2CCC(=O)NC2CCCCCCC2)n(C)c1=O. The standard InChI is InChI=1S/C18H27N5O3/c1-21-16-15(17(25)22(2)18(21)26)23(12-19-16)11-10-14(24)20-13-8-6-4-3-5-7-9-13/h12-13H,3-11H2,1-2H3,(H,20,24). The third kappa shape index (κ3) is 3.73. The summed E-state index contributed by atoms with van der Waals surface area (Å²) < 4.78 is 4.08. The zero-order chi connectivity index (χ0) is 18.7. The monoisotopic (exact) mass is 361 g/mol. The van der Waals surface area contributed by atoms with E-state index in [1.165, 1.54) is 50.0 Å². The van der Waals surface area contributed by atoms with Crippen LogP contribution < -0.4 is 16.6 Å². The molecule has 142 valence electrons. The van der Waals surface area contributed by atoms with Gasteiger partial charge in [-0.05, 0) is 12.8 Å². The average Bonchev–Trinajstić information content (AvgIpc) is 3.02. The van der Waals surface area contributed by atoms with Crippen LogP contribution in [0.3, 0.4) is 0 Å². The quantitative estimate of drug-likeness (QED) is 0.881. The highest BCUT2D eigenvalue weighted by Crippen LogP contribution is 2.17. The molecule has 0 saturated heterocycles. The van der Waals surface area contributed by atoms with Gasteiger partial charge in [-0.3, -0.25) is 18.7 Å². The zero-order valence-corrected chi connectivity index (χ0v) is 15.5. The topological polar surface area (TPSA) is 90.9 Å². The molecule has 1 aliphatic rings. The molecule has 2 aromatic rings. The van der Waals surface area contributed by atoms with Gasteiger partial charge in [0.15, 0.2) is 11.2 Å². The number of aromatic nitrogens is 4. The van der Waals surface area contributed by atoms with Crippen molar-refractivity contribution in [3.8, 4) is 0 Å². The molecule has 0 spiro atoms. The van der Waals surface area contributed by atoms with Crippen LogP contribution in [0.1, 0.15) is 51.4 Å². The van der Waals surface area contributed by atoms with Crippen molar-refractivity contribution in [3.63, 3.8) is 0 Å². The van der Waals surface area contributed by atoms with Crippen molar-refractivity contribution in [1.82, 2.24) is 24.0 Å². The Morgan fingerprint density at radius 2 is 1.77 bits per heavy atom. The summed E-state index contributed by atoms with van der Waals surface area (Å²) in [5.41, 5.74) is -0.0947. The smallest absolute Gasteiger partial charge is 0.332 e. The van der Waals surface area contributed by atoms with Gasteiger partial charge in [0.2, 0.25) is 5.91 Å². The van der Waals surface area contributed by atoms with Gasteiger partial charge < -0.3 is 9.88 Å². The lowest BCUT2D eigenvalue weighted by Gasteiger charge is -2.21. The molecule has 0 atom stereocenters. The predicted molar refractivity (Wildman–Crippen MR) is 99.1 cm³/mol. The number of carbonyl (C=O) groups is 1. The maximum Gasteiger partial charge on any atom is 0.332 e. The molecule has 1 amide bonds. The Kier molecular flexibility index (Phi) is 5.58. The molecule has 1 N–H and O–H groups in total. The van der Waals surface area contributed by atoms with Gasteiger partial charge in [0.25, 0.3) is 5.56 Å². The van der Waals surface area contributed by atoms with Crippen LogP contribution in [-0.2, 0) is 25.4 Å². The molecule has 0 unspecified atom stereocenters. The highest BCUT2D eigenvalue weighted by atomic mass is 16.2. The number of hydrogen-bond acceptors (Lipinski definition) is 4. The third-order valence-electron chi connectivity index (χ3n) is 5.27. The van der Waals surface area contributed by atoms with Gasteiger partial charge >= 0.3 is 5.69 Å². The van der Waals surface area contributed by atoms with Gasteiger partial charge in [0, 0.05) is 33.1 Å². The van der Waals surface area contributed by atoms with Gasteiger partial charge in [0.05, 0.1) is 6.33 Å². The first-order valence-corrected chi connectivity index (χ1v) is 9.39. The first kappa shape index (κ1) is 18.4. The van der Waals surface area contributed by atoms with E-state index in [0.29, 0.717) is 17.7 Å². The molecule has 1 fully saturated rings. The molecule has 26 heavy (non-hydrogen) atoms. The van der Waals surface area contributed by atoms with E-state index in [4.69, 9.17) is 0 Å². The molecule has 2 aromatic heterocycles. The summed E-state index contributed by atoms with van der Waals surface area (Å²) in [6, 6.07) is 0.260. The molecule has 0 radical (unpaired) electrons. The molecule has 2 heterocycles.